The number of nitrogens with zero attached hydrogens (tertiary/aromatic N) is 4. The van der Waals surface area contributed by atoms with Crippen molar-refractivity contribution in [1.82, 2.24) is 20.1 Å². The number of aromatic nitrogens is 3. The van der Waals surface area contributed by atoms with Crippen LogP contribution in [0.5, 0.6) is 0 Å². The van der Waals surface area contributed by atoms with Gasteiger partial charge in [0.05, 0.1) is 16.9 Å². The van der Waals surface area contributed by atoms with E-state index in [9.17, 15) is 0 Å². The zero-order chi connectivity index (χ0) is 15.4. The van der Waals surface area contributed by atoms with Crippen LogP contribution in [0.1, 0.15) is 25.1 Å². The Kier molecular flexibility index (Phi) is 5.20. The zero-order valence-electron chi connectivity index (χ0n) is 13.0. The lowest BCUT2D eigenvalue weighted by molar-refractivity contribution is 0.581. The monoisotopic (exact) mass is 307 g/mol. The SMILES string of the molecule is CC(C)NCc1nc(N(C)Cc2cnn(C)c2)ccc1Cl. The summed E-state index contributed by atoms with van der Waals surface area (Å²) in [4.78, 5) is 6.74. The average Bonchev–Trinajstić information content (AvgIpc) is 2.83. The summed E-state index contributed by atoms with van der Waals surface area (Å²) in [5, 5.41) is 8.22. The lowest BCUT2D eigenvalue weighted by Crippen LogP contribution is -2.24. The zero-order valence-corrected chi connectivity index (χ0v) is 13.7. The Balaban J connectivity index is 2.09. The largest absolute Gasteiger partial charge is 0.355 e. The Hall–Kier alpha value is -1.59. The Labute approximate surface area is 130 Å². The Bertz CT molecular complexity index is 593. The van der Waals surface area contributed by atoms with Crippen molar-refractivity contribution in [2.75, 3.05) is 11.9 Å². The fourth-order valence-electron chi connectivity index (χ4n) is 2.02. The molecule has 0 saturated heterocycles. The summed E-state index contributed by atoms with van der Waals surface area (Å²) in [5.41, 5.74) is 2.03. The summed E-state index contributed by atoms with van der Waals surface area (Å²) in [6.07, 6.45) is 3.88. The van der Waals surface area contributed by atoms with Gasteiger partial charge in [-0.3, -0.25) is 4.68 Å². The lowest BCUT2D eigenvalue weighted by Gasteiger charge is -2.19. The van der Waals surface area contributed by atoms with Gasteiger partial charge in [0.25, 0.3) is 0 Å². The third kappa shape index (κ3) is 4.44. The van der Waals surface area contributed by atoms with Crippen molar-refractivity contribution in [2.45, 2.75) is 33.0 Å². The number of nitrogens with one attached hydrogen (secondary N) is 1. The van der Waals surface area contributed by atoms with Crippen LogP contribution in [0, 0.1) is 0 Å². The highest BCUT2D eigenvalue weighted by Gasteiger charge is 2.09. The van der Waals surface area contributed by atoms with E-state index in [1.807, 2.05) is 38.6 Å². The van der Waals surface area contributed by atoms with Gasteiger partial charge in [0.15, 0.2) is 0 Å². The molecule has 0 aliphatic heterocycles. The summed E-state index contributed by atoms with van der Waals surface area (Å²) in [6, 6.07) is 4.25. The molecule has 5 nitrogen and oxygen atoms in total. The predicted octanol–water partition coefficient (Wildman–Crippen LogP) is 2.60. The fraction of sp³-hybridized carbons (Fsp3) is 0.467. The van der Waals surface area contributed by atoms with Gasteiger partial charge in [-0.25, -0.2) is 4.98 Å². The van der Waals surface area contributed by atoms with E-state index in [2.05, 4.69) is 34.1 Å². The molecule has 2 aromatic heterocycles. The molecule has 0 aromatic carbocycles. The van der Waals surface area contributed by atoms with Crippen LogP contribution in [0.2, 0.25) is 5.02 Å². The van der Waals surface area contributed by atoms with Crippen LogP contribution in [-0.4, -0.2) is 27.9 Å². The van der Waals surface area contributed by atoms with Crippen LogP contribution in [-0.2, 0) is 20.1 Å². The van der Waals surface area contributed by atoms with Crippen LogP contribution in [0.15, 0.2) is 24.5 Å². The highest BCUT2D eigenvalue weighted by molar-refractivity contribution is 6.31. The quantitative estimate of drug-likeness (QED) is 0.891. The number of halogens is 1. The topological polar surface area (TPSA) is 46.0 Å². The average molecular weight is 308 g/mol. The molecule has 2 aromatic rings. The number of anilines is 1. The molecule has 0 atom stereocenters. The van der Waals surface area contributed by atoms with Gasteiger partial charge in [-0.1, -0.05) is 25.4 Å². The molecule has 21 heavy (non-hydrogen) atoms. The van der Waals surface area contributed by atoms with Crippen LogP contribution in [0.3, 0.4) is 0 Å². The second-order valence-electron chi connectivity index (χ2n) is 5.51. The van der Waals surface area contributed by atoms with Crippen molar-refractivity contribution in [1.29, 1.82) is 0 Å². The van der Waals surface area contributed by atoms with Crippen molar-refractivity contribution in [2.24, 2.45) is 7.05 Å². The van der Waals surface area contributed by atoms with Crippen LogP contribution in [0.4, 0.5) is 5.82 Å². The second kappa shape index (κ2) is 6.91. The van der Waals surface area contributed by atoms with Gasteiger partial charge >= 0.3 is 0 Å². The van der Waals surface area contributed by atoms with Crippen molar-refractivity contribution in [3.8, 4) is 0 Å². The van der Waals surface area contributed by atoms with E-state index in [0.717, 1.165) is 23.6 Å². The molecule has 0 radical (unpaired) electrons. The summed E-state index contributed by atoms with van der Waals surface area (Å²) in [6.45, 7) is 5.64. The summed E-state index contributed by atoms with van der Waals surface area (Å²) < 4.78 is 1.80. The Morgan fingerprint density at radius 1 is 1.38 bits per heavy atom. The maximum absolute atomic E-state index is 6.21. The molecular weight excluding hydrogens is 286 g/mol. The van der Waals surface area contributed by atoms with Crippen molar-refractivity contribution in [3.63, 3.8) is 0 Å². The van der Waals surface area contributed by atoms with Crippen LogP contribution >= 0.6 is 11.6 Å². The van der Waals surface area contributed by atoms with Crippen molar-refractivity contribution >= 4 is 17.4 Å². The molecule has 0 saturated carbocycles. The van der Waals surface area contributed by atoms with Gasteiger partial charge in [0.1, 0.15) is 5.82 Å². The van der Waals surface area contributed by atoms with E-state index >= 15 is 0 Å². The molecule has 0 aliphatic rings. The molecule has 0 amide bonds. The fourth-order valence-corrected chi connectivity index (χ4v) is 2.19. The van der Waals surface area contributed by atoms with E-state index < -0.39 is 0 Å². The van der Waals surface area contributed by atoms with Gasteiger partial charge < -0.3 is 10.2 Å². The minimum atomic E-state index is 0.402. The first-order chi connectivity index (χ1) is 9.95. The molecule has 0 spiro atoms. The predicted molar refractivity (Wildman–Crippen MR) is 86.5 cm³/mol. The molecule has 0 bridgehead atoms. The maximum atomic E-state index is 6.21. The van der Waals surface area contributed by atoms with Crippen LogP contribution in [0.25, 0.3) is 0 Å². The first-order valence-electron chi connectivity index (χ1n) is 7.03. The van der Waals surface area contributed by atoms with E-state index in [0.29, 0.717) is 17.6 Å². The van der Waals surface area contributed by atoms with Crippen LogP contribution < -0.4 is 10.2 Å². The normalized spacial score (nSPS) is 11.1. The summed E-state index contributed by atoms with van der Waals surface area (Å²) in [5.74, 6) is 0.906. The lowest BCUT2D eigenvalue weighted by atomic mass is 10.3. The molecule has 0 unspecified atom stereocenters. The maximum Gasteiger partial charge on any atom is 0.129 e. The number of hydrogen-bond acceptors (Lipinski definition) is 4. The minimum Gasteiger partial charge on any atom is -0.355 e. The van der Waals surface area contributed by atoms with Gasteiger partial charge in [-0.05, 0) is 12.1 Å². The number of rotatable bonds is 6. The Morgan fingerprint density at radius 3 is 2.76 bits per heavy atom. The first-order valence-corrected chi connectivity index (χ1v) is 7.41. The molecular formula is C15H22ClN5. The molecule has 114 valence electrons. The highest BCUT2D eigenvalue weighted by Crippen LogP contribution is 2.20. The standard InChI is InChI=1S/C15H22ClN5/c1-11(2)17-8-14-13(16)5-6-15(19-14)20(3)9-12-7-18-21(4)10-12/h5-7,10-11,17H,8-9H2,1-4H3. The van der Waals surface area contributed by atoms with E-state index in [4.69, 9.17) is 11.6 Å². The van der Waals surface area contributed by atoms with Crippen molar-refractivity contribution < 1.29 is 0 Å². The van der Waals surface area contributed by atoms with E-state index in [1.54, 1.807) is 4.68 Å². The van der Waals surface area contributed by atoms with E-state index in [1.165, 1.54) is 0 Å². The number of hydrogen-bond donors (Lipinski definition) is 1. The third-order valence-corrected chi connectivity index (χ3v) is 3.50. The summed E-state index contributed by atoms with van der Waals surface area (Å²) in [7, 11) is 3.93. The number of aryl methyl sites for hydroxylation is 1. The molecule has 2 heterocycles. The van der Waals surface area contributed by atoms with Crippen molar-refractivity contribution in [3.05, 3.63) is 40.8 Å². The molecule has 6 heteroatoms. The number of pyridine rings is 1. The smallest absolute Gasteiger partial charge is 0.129 e. The van der Waals surface area contributed by atoms with Gasteiger partial charge in [0.2, 0.25) is 0 Å². The molecule has 0 fully saturated rings. The first kappa shape index (κ1) is 15.8. The third-order valence-electron chi connectivity index (χ3n) is 3.15. The highest BCUT2D eigenvalue weighted by atomic mass is 35.5. The van der Waals surface area contributed by atoms with Gasteiger partial charge in [-0.2, -0.15) is 5.10 Å². The van der Waals surface area contributed by atoms with E-state index in [-0.39, 0.29) is 0 Å². The second-order valence-corrected chi connectivity index (χ2v) is 5.92. The van der Waals surface area contributed by atoms with Gasteiger partial charge in [-0.15, -0.1) is 0 Å². The minimum absolute atomic E-state index is 0.402. The molecule has 1 N–H and O–H groups in total. The molecule has 2 rings (SSSR count). The Morgan fingerprint density at radius 2 is 2.14 bits per heavy atom. The molecule has 0 aliphatic carbocycles. The van der Waals surface area contributed by atoms with Gasteiger partial charge in [0, 0.05) is 45.0 Å². The summed E-state index contributed by atoms with van der Waals surface area (Å²) >= 11 is 6.21.